The van der Waals surface area contributed by atoms with Gasteiger partial charge in [0.05, 0.1) is 30.5 Å². The van der Waals surface area contributed by atoms with E-state index in [1.54, 1.807) is 24.9 Å². The lowest BCUT2D eigenvalue weighted by Crippen LogP contribution is -2.24. The molecule has 1 aromatic carbocycles. The molecule has 1 N–H and O–H groups in total. The third-order valence-corrected chi connectivity index (χ3v) is 3.79. The highest BCUT2D eigenvalue weighted by molar-refractivity contribution is 6.30. The number of hydrogen-bond donors (Lipinski definition) is 1. The number of carbonyl (C=O) groups is 1. The summed E-state index contributed by atoms with van der Waals surface area (Å²) in [5, 5.41) is 3.56. The van der Waals surface area contributed by atoms with Gasteiger partial charge in [-0.15, -0.1) is 0 Å². The molecule has 0 aliphatic rings. The number of nitrogens with zero attached hydrogens (tertiary/aromatic N) is 2. The summed E-state index contributed by atoms with van der Waals surface area (Å²) in [6, 6.07) is 9.34. The highest BCUT2D eigenvalue weighted by Crippen LogP contribution is 2.19. The van der Waals surface area contributed by atoms with Gasteiger partial charge < -0.3 is 9.73 Å². The first-order chi connectivity index (χ1) is 11.7. The molecule has 5 nitrogen and oxygen atoms in total. The molecule has 0 spiro atoms. The van der Waals surface area contributed by atoms with E-state index in [0.717, 1.165) is 11.1 Å². The van der Waals surface area contributed by atoms with Gasteiger partial charge in [0.1, 0.15) is 0 Å². The first-order valence-electron chi connectivity index (χ1n) is 7.56. The van der Waals surface area contributed by atoms with E-state index >= 15 is 0 Å². The lowest BCUT2D eigenvalue weighted by atomic mass is 10.1. The van der Waals surface area contributed by atoms with Crippen LogP contribution in [0.1, 0.15) is 17.7 Å². The van der Waals surface area contributed by atoms with Crippen molar-refractivity contribution in [2.75, 3.05) is 0 Å². The Morgan fingerprint density at radius 2 is 2.08 bits per heavy atom. The van der Waals surface area contributed by atoms with Crippen molar-refractivity contribution in [3.8, 4) is 11.3 Å². The van der Waals surface area contributed by atoms with Crippen LogP contribution in [0.5, 0.6) is 0 Å². The van der Waals surface area contributed by atoms with Crippen LogP contribution in [0.25, 0.3) is 11.3 Å². The van der Waals surface area contributed by atoms with Crippen molar-refractivity contribution in [1.82, 2.24) is 15.3 Å². The molecule has 6 heteroatoms. The second-order valence-corrected chi connectivity index (χ2v) is 5.71. The van der Waals surface area contributed by atoms with Crippen molar-refractivity contribution in [3.05, 3.63) is 71.5 Å². The van der Waals surface area contributed by atoms with Crippen molar-refractivity contribution < 1.29 is 9.21 Å². The zero-order valence-electron chi connectivity index (χ0n) is 12.9. The van der Waals surface area contributed by atoms with Crippen LogP contribution >= 0.6 is 11.6 Å². The normalized spacial score (nSPS) is 10.5. The summed E-state index contributed by atoms with van der Waals surface area (Å²) >= 11 is 5.94. The molecule has 0 bridgehead atoms. The molecular formula is C18H16ClN3O2. The van der Waals surface area contributed by atoms with Gasteiger partial charge in [-0.25, -0.2) is 0 Å². The number of aromatic nitrogens is 2. The molecule has 122 valence electrons. The van der Waals surface area contributed by atoms with Crippen LogP contribution < -0.4 is 5.32 Å². The molecule has 0 fully saturated rings. The summed E-state index contributed by atoms with van der Waals surface area (Å²) in [6.07, 6.45) is 7.44. The molecule has 1 amide bonds. The van der Waals surface area contributed by atoms with Gasteiger partial charge in [-0.3, -0.25) is 14.8 Å². The van der Waals surface area contributed by atoms with E-state index in [-0.39, 0.29) is 5.91 Å². The summed E-state index contributed by atoms with van der Waals surface area (Å²) in [5.41, 5.74) is 3.29. The molecule has 2 heterocycles. The summed E-state index contributed by atoms with van der Waals surface area (Å²) in [5.74, 6) is -0.0428. The fourth-order valence-corrected chi connectivity index (χ4v) is 2.57. The van der Waals surface area contributed by atoms with Crippen molar-refractivity contribution in [2.45, 2.75) is 19.4 Å². The van der Waals surface area contributed by atoms with Crippen LogP contribution in [0, 0.1) is 0 Å². The Kier molecular flexibility index (Phi) is 5.23. The van der Waals surface area contributed by atoms with Crippen LogP contribution in [0.15, 0.2) is 59.7 Å². The maximum absolute atomic E-state index is 12.1. The zero-order valence-corrected chi connectivity index (χ0v) is 13.7. The third-order valence-electron chi connectivity index (χ3n) is 3.55. The van der Waals surface area contributed by atoms with Gasteiger partial charge in [-0.2, -0.15) is 0 Å². The number of hydrogen-bond acceptors (Lipinski definition) is 4. The van der Waals surface area contributed by atoms with Gasteiger partial charge in [0.25, 0.3) is 0 Å². The Morgan fingerprint density at radius 1 is 1.21 bits per heavy atom. The lowest BCUT2D eigenvalue weighted by Gasteiger charge is -2.08. The fourth-order valence-electron chi connectivity index (χ4n) is 2.36. The predicted molar refractivity (Wildman–Crippen MR) is 91.4 cm³/mol. The van der Waals surface area contributed by atoms with E-state index in [1.165, 1.54) is 0 Å². The number of nitrogens with one attached hydrogen (secondary N) is 1. The second kappa shape index (κ2) is 7.75. The lowest BCUT2D eigenvalue weighted by molar-refractivity contribution is -0.121. The second-order valence-electron chi connectivity index (χ2n) is 5.27. The number of furan rings is 1. The maximum atomic E-state index is 12.1. The monoisotopic (exact) mass is 341 g/mol. The van der Waals surface area contributed by atoms with Crippen LogP contribution in [-0.4, -0.2) is 15.9 Å². The molecule has 0 saturated heterocycles. The Balaban J connectivity index is 1.57. The highest BCUT2D eigenvalue weighted by Gasteiger charge is 2.10. The first-order valence-corrected chi connectivity index (χ1v) is 7.94. The topological polar surface area (TPSA) is 68.0 Å². The Morgan fingerprint density at radius 3 is 2.88 bits per heavy atom. The van der Waals surface area contributed by atoms with E-state index in [1.807, 2.05) is 30.3 Å². The highest BCUT2D eigenvalue weighted by atomic mass is 35.5. The van der Waals surface area contributed by atoms with Crippen molar-refractivity contribution in [3.63, 3.8) is 0 Å². The average molecular weight is 342 g/mol. The largest absolute Gasteiger partial charge is 0.472 e. The van der Waals surface area contributed by atoms with Crippen LogP contribution in [0.2, 0.25) is 5.02 Å². The molecule has 2 aromatic heterocycles. The smallest absolute Gasteiger partial charge is 0.220 e. The van der Waals surface area contributed by atoms with Gasteiger partial charge in [-0.1, -0.05) is 23.7 Å². The van der Waals surface area contributed by atoms with Crippen molar-refractivity contribution >= 4 is 17.5 Å². The van der Waals surface area contributed by atoms with Gasteiger partial charge in [0.15, 0.2) is 0 Å². The van der Waals surface area contributed by atoms with Gasteiger partial charge in [-0.05, 0) is 30.2 Å². The van der Waals surface area contributed by atoms with E-state index in [0.29, 0.717) is 35.8 Å². The number of carbonyl (C=O) groups excluding carboxylic acids is 1. The summed E-state index contributed by atoms with van der Waals surface area (Å²) in [6.45, 7) is 0.322. The number of aryl methyl sites for hydroxylation is 1. The molecule has 0 aliphatic heterocycles. The Bertz CT molecular complexity index is 819. The maximum Gasteiger partial charge on any atom is 0.220 e. The number of amides is 1. The fraction of sp³-hybridized carbons (Fsp3) is 0.167. The molecule has 3 aromatic rings. The Hall–Kier alpha value is -2.66. The molecule has 0 aliphatic carbocycles. The standard InChI is InChI=1S/C18H16ClN3O2/c19-15-3-1-2-13(10-15)4-5-17(23)22-11-16-18(21-8-7-20-16)14-6-9-24-12-14/h1-3,6-10,12H,4-5,11H2,(H,22,23). The van der Waals surface area contributed by atoms with E-state index in [2.05, 4.69) is 15.3 Å². The van der Waals surface area contributed by atoms with Crippen molar-refractivity contribution in [2.24, 2.45) is 0 Å². The zero-order chi connectivity index (χ0) is 16.8. The molecule has 0 atom stereocenters. The minimum Gasteiger partial charge on any atom is -0.472 e. The summed E-state index contributed by atoms with van der Waals surface area (Å²) in [4.78, 5) is 20.7. The van der Waals surface area contributed by atoms with Gasteiger partial charge in [0.2, 0.25) is 5.91 Å². The summed E-state index contributed by atoms with van der Waals surface area (Å²) < 4.78 is 5.08. The molecule has 24 heavy (non-hydrogen) atoms. The number of benzene rings is 1. The average Bonchev–Trinajstić information content (AvgIpc) is 3.13. The van der Waals surface area contributed by atoms with Gasteiger partial charge >= 0.3 is 0 Å². The minimum absolute atomic E-state index is 0.0428. The van der Waals surface area contributed by atoms with Crippen LogP contribution in [0.3, 0.4) is 0 Å². The Labute approximate surface area is 144 Å². The molecule has 3 rings (SSSR count). The van der Waals surface area contributed by atoms with E-state index < -0.39 is 0 Å². The number of rotatable bonds is 6. The SMILES string of the molecule is O=C(CCc1cccc(Cl)c1)NCc1nccnc1-c1ccoc1. The predicted octanol–water partition coefficient (Wildman–Crippen LogP) is 3.64. The van der Waals surface area contributed by atoms with Gasteiger partial charge in [0, 0.05) is 29.4 Å². The van der Waals surface area contributed by atoms with Crippen molar-refractivity contribution in [1.29, 1.82) is 0 Å². The molecular weight excluding hydrogens is 326 g/mol. The van der Waals surface area contributed by atoms with Crippen LogP contribution in [0.4, 0.5) is 0 Å². The van der Waals surface area contributed by atoms with E-state index in [4.69, 9.17) is 16.0 Å². The molecule has 0 saturated carbocycles. The molecule has 0 unspecified atom stereocenters. The number of halogens is 1. The first kappa shape index (κ1) is 16.2. The molecule has 0 radical (unpaired) electrons. The van der Waals surface area contributed by atoms with E-state index in [9.17, 15) is 4.79 Å². The quantitative estimate of drug-likeness (QED) is 0.743. The third kappa shape index (κ3) is 4.20. The minimum atomic E-state index is -0.0428. The van der Waals surface area contributed by atoms with Crippen LogP contribution in [-0.2, 0) is 17.8 Å². The summed E-state index contributed by atoms with van der Waals surface area (Å²) in [7, 11) is 0.